The Labute approximate surface area is 214 Å². The third-order valence-electron chi connectivity index (χ3n) is 6.18. The van der Waals surface area contributed by atoms with Gasteiger partial charge in [0.1, 0.15) is 6.04 Å². The van der Waals surface area contributed by atoms with Crippen LogP contribution in [0.4, 0.5) is 0 Å². The van der Waals surface area contributed by atoms with Gasteiger partial charge in [-0.05, 0) is 56.0 Å². The lowest BCUT2D eigenvalue weighted by Crippen LogP contribution is -2.52. The third kappa shape index (κ3) is 7.97. The van der Waals surface area contributed by atoms with Crippen molar-refractivity contribution in [3.63, 3.8) is 0 Å². The van der Waals surface area contributed by atoms with E-state index in [1.807, 2.05) is 94.4 Å². The molecular weight excluding hydrogens is 456 g/mol. The number of halogens is 1. The van der Waals surface area contributed by atoms with Gasteiger partial charge in [-0.15, -0.1) is 0 Å². The minimum Gasteiger partial charge on any atom is -0.352 e. The molecule has 0 spiro atoms. The number of rotatable bonds is 10. The Bertz CT molecular complexity index is 1110. The summed E-state index contributed by atoms with van der Waals surface area (Å²) in [6.45, 7) is 8.41. The molecule has 2 atom stereocenters. The third-order valence-corrected chi connectivity index (χ3v) is 6.43. The molecule has 0 heterocycles. The van der Waals surface area contributed by atoms with E-state index >= 15 is 0 Å². The average molecular weight is 491 g/mol. The highest BCUT2D eigenvalue weighted by molar-refractivity contribution is 6.30. The van der Waals surface area contributed by atoms with Gasteiger partial charge in [0, 0.05) is 24.0 Å². The van der Waals surface area contributed by atoms with Gasteiger partial charge in [-0.2, -0.15) is 0 Å². The lowest BCUT2D eigenvalue weighted by Gasteiger charge is -2.32. The zero-order chi connectivity index (χ0) is 25.4. The number of aryl methyl sites for hydroxylation is 2. The summed E-state index contributed by atoms with van der Waals surface area (Å²) in [5.74, 6) is -0.212. The Morgan fingerprint density at radius 2 is 1.51 bits per heavy atom. The van der Waals surface area contributed by atoms with E-state index in [9.17, 15) is 9.59 Å². The zero-order valence-corrected chi connectivity index (χ0v) is 21.8. The first-order chi connectivity index (χ1) is 16.7. The van der Waals surface area contributed by atoms with E-state index in [1.54, 1.807) is 4.90 Å². The van der Waals surface area contributed by atoms with Crippen molar-refractivity contribution in [3.8, 4) is 0 Å². The van der Waals surface area contributed by atoms with E-state index in [2.05, 4.69) is 11.4 Å². The zero-order valence-electron chi connectivity index (χ0n) is 21.1. The van der Waals surface area contributed by atoms with Crippen LogP contribution < -0.4 is 5.32 Å². The van der Waals surface area contributed by atoms with E-state index in [1.165, 1.54) is 0 Å². The number of benzene rings is 3. The molecule has 0 unspecified atom stereocenters. The van der Waals surface area contributed by atoms with Crippen LogP contribution in [0.3, 0.4) is 0 Å². The van der Waals surface area contributed by atoms with Gasteiger partial charge in [0.2, 0.25) is 11.8 Å². The van der Waals surface area contributed by atoms with Crippen LogP contribution in [0.5, 0.6) is 0 Å². The molecule has 0 saturated carbocycles. The fourth-order valence-electron chi connectivity index (χ4n) is 4.23. The molecule has 4 nitrogen and oxygen atoms in total. The summed E-state index contributed by atoms with van der Waals surface area (Å²) in [6.07, 6.45) is 1.49. The second kappa shape index (κ2) is 12.6. The van der Waals surface area contributed by atoms with E-state index in [0.29, 0.717) is 18.0 Å². The topological polar surface area (TPSA) is 49.4 Å². The fraction of sp³-hybridized carbons (Fsp3) is 0.333. The van der Waals surface area contributed by atoms with Crippen molar-refractivity contribution in [3.05, 3.63) is 106 Å². The highest BCUT2D eigenvalue weighted by Gasteiger charge is 2.31. The number of hydrogen-bond donors (Lipinski definition) is 1. The van der Waals surface area contributed by atoms with Crippen LogP contribution in [-0.2, 0) is 29.0 Å². The first-order valence-electron chi connectivity index (χ1n) is 12.2. The van der Waals surface area contributed by atoms with Crippen LogP contribution in [0, 0.1) is 13.8 Å². The Kier molecular flexibility index (Phi) is 9.50. The molecular formula is C30H35ClN2O2. The number of carbonyl (C=O) groups excluding carboxylic acids is 2. The van der Waals surface area contributed by atoms with E-state index < -0.39 is 6.04 Å². The van der Waals surface area contributed by atoms with E-state index in [4.69, 9.17) is 11.6 Å². The number of nitrogens with one attached hydrogen (secondary N) is 1. The quantitative estimate of drug-likeness (QED) is 0.376. The summed E-state index contributed by atoms with van der Waals surface area (Å²) in [5.41, 5.74) is 5.13. The van der Waals surface area contributed by atoms with Crippen LogP contribution in [0.2, 0.25) is 5.02 Å². The first-order valence-corrected chi connectivity index (χ1v) is 12.6. The molecule has 0 saturated heterocycles. The van der Waals surface area contributed by atoms with Gasteiger partial charge in [-0.25, -0.2) is 0 Å². The minimum absolute atomic E-state index is 0.0210. The highest BCUT2D eigenvalue weighted by atomic mass is 35.5. The molecule has 1 N–H and O–H groups in total. The van der Waals surface area contributed by atoms with Crippen molar-refractivity contribution in [2.45, 2.75) is 65.6 Å². The van der Waals surface area contributed by atoms with Crippen molar-refractivity contribution in [1.82, 2.24) is 10.2 Å². The molecule has 3 aromatic carbocycles. The largest absolute Gasteiger partial charge is 0.352 e. The normalized spacial score (nSPS) is 12.6. The Morgan fingerprint density at radius 3 is 2.11 bits per heavy atom. The molecule has 3 aromatic rings. The molecule has 2 amide bonds. The maximum absolute atomic E-state index is 13.8. The summed E-state index contributed by atoms with van der Waals surface area (Å²) in [6, 6.07) is 22.9. The Balaban J connectivity index is 1.98. The number of carbonyl (C=O) groups is 2. The fourth-order valence-corrected chi connectivity index (χ4v) is 4.35. The minimum atomic E-state index is -0.638. The van der Waals surface area contributed by atoms with Gasteiger partial charge in [-0.1, -0.05) is 90.3 Å². The van der Waals surface area contributed by atoms with E-state index in [-0.39, 0.29) is 24.3 Å². The molecule has 0 radical (unpaired) electrons. The van der Waals surface area contributed by atoms with Crippen LogP contribution in [-0.4, -0.2) is 28.8 Å². The Morgan fingerprint density at radius 1 is 0.886 bits per heavy atom. The number of amides is 2. The molecule has 0 aromatic heterocycles. The molecule has 0 aliphatic carbocycles. The lowest BCUT2D eigenvalue weighted by molar-refractivity contribution is -0.141. The van der Waals surface area contributed by atoms with Crippen LogP contribution in [0.1, 0.15) is 48.1 Å². The second-order valence-electron chi connectivity index (χ2n) is 9.34. The van der Waals surface area contributed by atoms with Crippen LogP contribution in [0.15, 0.2) is 72.8 Å². The smallest absolute Gasteiger partial charge is 0.243 e. The highest BCUT2D eigenvalue weighted by Crippen LogP contribution is 2.19. The molecule has 184 valence electrons. The molecule has 35 heavy (non-hydrogen) atoms. The van der Waals surface area contributed by atoms with Crippen molar-refractivity contribution in [1.29, 1.82) is 0 Å². The average Bonchev–Trinajstić information content (AvgIpc) is 2.82. The predicted molar refractivity (Wildman–Crippen MR) is 143 cm³/mol. The monoisotopic (exact) mass is 490 g/mol. The van der Waals surface area contributed by atoms with Gasteiger partial charge < -0.3 is 10.2 Å². The van der Waals surface area contributed by atoms with Crippen molar-refractivity contribution in [2.24, 2.45) is 0 Å². The van der Waals surface area contributed by atoms with Crippen molar-refractivity contribution >= 4 is 23.4 Å². The van der Waals surface area contributed by atoms with E-state index in [0.717, 1.165) is 34.2 Å². The summed E-state index contributed by atoms with van der Waals surface area (Å²) in [7, 11) is 0. The maximum atomic E-state index is 13.8. The number of hydrogen-bond acceptors (Lipinski definition) is 2. The van der Waals surface area contributed by atoms with Gasteiger partial charge in [0.15, 0.2) is 0 Å². The summed E-state index contributed by atoms with van der Waals surface area (Å²) < 4.78 is 0. The van der Waals surface area contributed by atoms with Crippen LogP contribution in [0.25, 0.3) is 0 Å². The molecule has 0 aliphatic heterocycles. The SMILES string of the molecule is CC[C@@H](C)NC(=O)[C@H](Cc1ccccc1)N(Cc1ccc(Cl)cc1)C(=O)Cc1cc(C)cc(C)c1. The van der Waals surface area contributed by atoms with Crippen molar-refractivity contribution in [2.75, 3.05) is 0 Å². The van der Waals surface area contributed by atoms with Gasteiger partial charge >= 0.3 is 0 Å². The van der Waals surface area contributed by atoms with Gasteiger partial charge in [-0.3, -0.25) is 9.59 Å². The molecule has 5 heteroatoms. The molecule has 0 bridgehead atoms. The van der Waals surface area contributed by atoms with Crippen LogP contribution >= 0.6 is 11.6 Å². The predicted octanol–water partition coefficient (Wildman–Crippen LogP) is 6.05. The standard InChI is InChI=1S/C30H35ClN2O2/c1-5-23(4)32-30(35)28(18-24-9-7-6-8-10-24)33(20-25-11-13-27(31)14-12-25)29(34)19-26-16-21(2)15-22(3)17-26/h6-17,23,28H,5,18-20H2,1-4H3,(H,32,35)/t23-,28+/m1/s1. The molecule has 0 aliphatic rings. The lowest BCUT2D eigenvalue weighted by atomic mass is 10.00. The molecule has 3 rings (SSSR count). The first kappa shape index (κ1) is 26.5. The van der Waals surface area contributed by atoms with Gasteiger partial charge in [0.05, 0.1) is 6.42 Å². The Hall–Kier alpha value is -3.11. The van der Waals surface area contributed by atoms with Crippen molar-refractivity contribution < 1.29 is 9.59 Å². The summed E-state index contributed by atoms with van der Waals surface area (Å²) >= 11 is 6.10. The summed E-state index contributed by atoms with van der Waals surface area (Å²) in [4.78, 5) is 29.1. The molecule has 0 fully saturated rings. The summed E-state index contributed by atoms with van der Waals surface area (Å²) in [5, 5.41) is 3.74. The second-order valence-corrected chi connectivity index (χ2v) is 9.78. The maximum Gasteiger partial charge on any atom is 0.243 e. The van der Waals surface area contributed by atoms with Gasteiger partial charge in [0.25, 0.3) is 0 Å². The number of nitrogens with zero attached hydrogens (tertiary/aromatic N) is 1.